The summed E-state index contributed by atoms with van der Waals surface area (Å²) in [6.07, 6.45) is 1.81. The maximum atomic E-state index is 12.5. The SMILES string of the molecule is Cn1ccc(C(=O)N2CCN(c3cccc4sccc34)CC2)n1. The van der Waals surface area contributed by atoms with Crippen molar-refractivity contribution in [3.05, 3.63) is 47.6 Å². The number of fused-ring (bicyclic) bond motifs is 1. The van der Waals surface area contributed by atoms with Crippen molar-refractivity contribution in [3.8, 4) is 0 Å². The summed E-state index contributed by atoms with van der Waals surface area (Å²) in [5.41, 5.74) is 1.80. The largest absolute Gasteiger partial charge is 0.367 e. The van der Waals surface area contributed by atoms with Gasteiger partial charge in [-0.1, -0.05) is 6.07 Å². The third-order valence-corrected chi connectivity index (χ3v) is 5.20. The predicted molar refractivity (Wildman–Crippen MR) is 93.1 cm³/mol. The number of anilines is 1. The van der Waals surface area contributed by atoms with E-state index in [0.29, 0.717) is 5.69 Å². The van der Waals surface area contributed by atoms with E-state index in [9.17, 15) is 4.79 Å². The minimum atomic E-state index is 0.0268. The zero-order valence-corrected chi connectivity index (χ0v) is 13.8. The molecule has 0 N–H and O–H groups in total. The Morgan fingerprint density at radius 1 is 1.13 bits per heavy atom. The van der Waals surface area contributed by atoms with Gasteiger partial charge >= 0.3 is 0 Å². The van der Waals surface area contributed by atoms with Crippen LogP contribution >= 0.6 is 11.3 Å². The molecule has 6 heteroatoms. The molecule has 1 saturated heterocycles. The molecule has 1 aliphatic rings. The third-order valence-electron chi connectivity index (χ3n) is 4.31. The minimum Gasteiger partial charge on any atom is -0.367 e. The summed E-state index contributed by atoms with van der Waals surface area (Å²) in [6, 6.07) is 10.4. The maximum Gasteiger partial charge on any atom is 0.274 e. The van der Waals surface area contributed by atoms with Crippen LogP contribution in [-0.4, -0.2) is 46.8 Å². The highest BCUT2D eigenvalue weighted by Crippen LogP contribution is 2.31. The molecule has 1 amide bonds. The van der Waals surface area contributed by atoms with Crippen LogP contribution in [0.4, 0.5) is 5.69 Å². The van der Waals surface area contributed by atoms with Gasteiger partial charge in [-0.05, 0) is 29.6 Å². The van der Waals surface area contributed by atoms with Crippen molar-refractivity contribution in [3.63, 3.8) is 0 Å². The molecule has 23 heavy (non-hydrogen) atoms. The number of amides is 1. The van der Waals surface area contributed by atoms with Gasteiger partial charge in [0.1, 0.15) is 5.69 Å². The van der Waals surface area contributed by atoms with Crippen molar-refractivity contribution >= 4 is 33.0 Å². The molecule has 3 heterocycles. The van der Waals surface area contributed by atoms with Crippen LogP contribution in [0.5, 0.6) is 0 Å². The second-order valence-electron chi connectivity index (χ2n) is 5.76. The fourth-order valence-electron chi connectivity index (χ4n) is 3.10. The number of benzene rings is 1. The van der Waals surface area contributed by atoms with E-state index in [1.807, 2.05) is 11.9 Å². The van der Waals surface area contributed by atoms with Gasteiger partial charge in [-0.2, -0.15) is 5.10 Å². The molecule has 0 bridgehead atoms. The molecule has 5 nitrogen and oxygen atoms in total. The standard InChI is InChI=1S/C17H18N4OS/c1-19-7-5-14(18-19)17(22)21-10-8-20(9-11-21)15-3-2-4-16-13(15)6-12-23-16/h2-7,12H,8-11H2,1H3. The second-order valence-corrected chi connectivity index (χ2v) is 6.71. The van der Waals surface area contributed by atoms with E-state index in [1.165, 1.54) is 15.8 Å². The monoisotopic (exact) mass is 326 g/mol. The molecule has 0 spiro atoms. The van der Waals surface area contributed by atoms with Crippen LogP contribution in [0, 0.1) is 0 Å². The lowest BCUT2D eigenvalue weighted by molar-refractivity contribution is 0.0740. The zero-order chi connectivity index (χ0) is 15.8. The smallest absolute Gasteiger partial charge is 0.274 e. The topological polar surface area (TPSA) is 41.4 Å². The van der Waals surface area contributed by atoms with Crippen LogP contribution in [0.1, 0.15) is 10.5 Å². The first-order valence-electron chi connectivity index (χ1n) is 7.72. The van der Waals surface area contributed by atoms with E-state index in [-0.39, 0.29) is 5.91 Å². The first-order chi connectivity index (χ1) is 11.2. The molecule has 118 valence electrons. The molecule has 1 aliphatic heterocycles. The van der Waals surface area contributed by atoms with Gasteiger partial charge in [0.2, 0.25) is 0 Å². The Morgan fingerprint density at radius 2 is 1.96 bits per heavy atom. The van der Waals surface area contributed by atoms with Gasteiger partial charge < -0.3 is 9.80 Å². The number of carbonyl (C=O) groups is 1. The predicted octanol–water partition coefficient (Wildman–Crippen LogP) is 2.60. The first-order valence-corrected chi connectivity index (χ1v) is 8.60. The molecule has 0 atom stereocenters. The van der Waals surface area contributed by atoms with Crippen molar-refractivity contribution in [2.24, 2.45) is 7.05 Å². The van der Waals surface area contributed by atoms with Gasteiger partial charge in [0.25, 0.3) is 5.91 Å². The minimum absolute atomic E-state index is 0.0268. The molecule has 0 radical (unpaired) electrons. The molecule has 1 fully saturated rings. The summed E-state index contributed by atoms with van der Waals surface area (Å²) < 4.78 is 2.98. The Labute approximate surface area is 138 Å². The summed E-state index contributed by atoms with van der Waals surface area (Å²) in [6.45, 7) is 3.17. The van der Waals surface area contributed by atoms with Crippen LogP contribution in [-0.2, 0) is 7.05 Å². The molecule has 2 aromatic heterocycles. The Morgan fingerprint density at radius 3 is 2.70 bits per heavy atom. The lowest BCUT2D eigenvalue weighted by Crippen LogP contribution is -2.49. The fourth-order valence-corrected chi connectivity index (χ4v) is 3.90. The first kappa shape index (κ1) is 14.3. The number of aryl methyl sites for hydroxylation is 1. The van der Waals surface area contributed by atoms with Crippen molar-refractivity contribution in [1.82, 2.24) is 14.7 Å². The Bertz CT molecular complexity index is 845. The summed E-state index contributed by atoms with van der Waals surface area (Å²) in [5, 5.41) is 7.65. The highest BCUT2D eigenvalue weighted by molar-refractivity contribution is 7.17. The number of rotatable bonds is 2. The molecular formula is C17H18N4OS. The van der Waals surface area contributed by atoms with Crippen molar-refractivity contribution < 1.29 is 4.79 Å². The molecule has 0 unspecified atom stereocenters. The zero-order valence-electron chi connectivity index (χ0n) is 13.0. The van der Waals surface area contributed by atoms with Gasteiger partial charge in [-0.3, -0.25) is 9.48 Å². The highest BCUT2D eigenvalue weighted by atomic mass is 32.1. The quantitative estimate of drug-likeness (QED) is 0.727. The number of piperazine rings is 1. The number of thiophene rings is 1. The van der Waals surface area contributed by atoms with Crippen LogP contribution in [0.2, 0.25) is 0 Å². The average Bonchev–Trinajstić information content (AvgIpc) is 3.22. The number of hydrogen-bond acceptors (Lipinski definition) is 4. The van der Waals surface area contributed by atoms with E-state index in [1.54, 1.807) is 28.3 Å². The van der Waals surface area contributed by atoms with Gasteiger partial charge in [0, 0.05) is 55.2 Å². The third kappa shape index (κ3) is 2.59. The van der Waals surface area contributed by atoms with E-state index in [0.717, 1.165) is 26.2 Å². The lowest BCUT2D eigenvalue weighted by Gasteiger charge is -2.36. The van der Waals surface area contributed by atoms with E-state index in [2.05, 4.69) is 39.6 Å². The normalized spacial score (nSPS) is 15.3. The van der Waals surface area contributed by atoms with Crippen LogP contribution < -0.4 is 4.90 Å². The molecule has 4 rings (SSSR count). The number of carbonyl (C=O) groups excluding carboxylic acids is 1. The van der Waals surface area contributed by atoms with Gasteiger partial charge in [-0.15, -0.1) is 11.3 Å². The van der Waals surface area contributed by atoms with Gasteiger partial charge in [0.15, 0.2) is 0 Å². The van der Waals surface area contributed by atoms with Crippen LogP contribution in [0.15, 0.2) is 41.9 Å². The Hall–Kier alpha value is -2.34. The van der Waals surface area contributed by atoms with E-state index >= 15 is 0 Å². The maximum absolute atomic E-state index is 12.5. The second kappa shape index (κ2) is 5.70. The Kier molecular flexibility index (Phi) is 3.53. The van der Waals surface area contributed by atoms with Crippen LogP contribution in [0.3, 0.4) is 0 Å². The fraction of sp³-hybridized carbons (Fsp3) is 0.294. The number of aromatic nitrogens is 2. The molecule has 0 saturated carbocycles. The molecule has 1 aromatic carbocycles. The van der Waals surface area contributed by atoms with Gasteiger partial charge in [-0.25, -0.2) is 0 Å². The average molecular weight is 326 g/mol. The van der Waals surface area contributed by atoms with Crippen LogP contribution in [0.25, 0.3) is 10.1 Å². The number of hydrogen-bond donors (Lipinski definition) is 0. The van der Waals surface area contributed by atoms with E-state index < -0.39 is 0 Å². The summed E-state index contributed by atoms with van der Waals surface area (Å²) >= 11 is 1.77. The van der Waals surface area contributed by atoms with Crippen molar-refractivity contribution in [2.75, 3.05) is 31.1 Å². The summed E-state index contributed by atoms with van der Waals surface area (Å²) in [7, 11) is 1.83. The highest BCUT2D eigenvalue weighted by Gasteiger charge is 2.24. The molecule has 3 aromatic rings. The number of nitrogens with zero attached hydrogens (tertiary/aromatic N) is 4. The van der Waals surface area contributed by atoms with Crippen molar-refractivity contribution in [1.29, 1.82) is 0 Å². The summed E-state index contributed by atoms with van der Waals surface area (Å²) in [4.78, 5) is 16.7. The molecule has 0 aliphatic carbocycles. The van der Waals surface area contributed by atoms with Gasteiger partial charge in [0.05, 0.1) is 0 Å². The van der Waals surface area contributed by atoms with E-state index in [4.69, 9.17) is 0 Å². The Balaban J connectivity index is 1.49. The lowest BCUT2D eigenvalue weighted by atomic mass is 10.2. The molecular weight excluding hydrogens is 308 g/mol. The summed E-state index contributed by atoms with van der Waals surface area (Å²) in [5.74, 6) is 0.0268. The van der Waals surface area contributed by atoms with Crippen molar-refractivity contribution in [2.45, 2.75) is 0 Å².